The van der Waals surface area contributed by atoms with Crippen LogP contribution in [0.3, 0.4) is 0 Å². The molecule has 0 amide bonds. The molecule has 0 aliphatic carbocycles. The fraction of sp³-hybridized carbons (Fsp3) is 0.400. The Bertz CT molecular complexity index is 1080. The number of sulfone groups is 2. The van der Waals surface area contributed by atoms with E-state index in [9.17, 15) is 16.8 Å². The zero-order chi connectivity index (χ0) is 20.5. The monoisotopic (exact) mass is 423 g/mol. The number of ether oxygens (including phenoxy) is 1. The lowest BCUT2D eigenvalue weighted by Gasteiger charge is -2.21. The lowest BCUT2D eigenvalue weighted by Crippen LogP contribution is -2.43. The highest BCUT2D eigenvalue weighted by atomic mass is 32.2. The van der Waals surface area contributed by atoms with Gasteiger partial charge in [0, 0.05) is 12.6 Å². The van der Waals surface area contributed by atoms with Crippen LogP contribution >= 0.6 is 0 Å². The third-order valence-electron chi connectivity index (χ3n) is 5.14. The van der Waals surface area contributed by atoms with Crippen LogP contribution in [0.5, 0.6) is 5.75 Å². The second-order valence-electron chi connectivity index (χ2n) is 7.23. The molecule has 2 atom stereocenters. The van der Waals surface area contributed by atoms with Crippen molar-refractivity contribution < 1.29 is 21.6 Å². The normalized spacial score (nSPS) is 21.5. The van der Waals surface area contributed by atoms with Gasteiger partial charge in [-0.3, -0.25) is 0 Å². The maximum atomic E-state index is 13.4. The average Bonchev–Trinajstić information content (AvgIpc) is 2.96. The predicted octanol–water partition coefficient (Wildman–Crippen LogP) is 2.04. The van der Waals surface area contributed by atoms with E-state index >= 15 is 0 Å². The average molecular weight is 424 g/mol. The minimum Gasteiger partial charge on any atom is -0.495 e. The van der Waals surface area contributed by atoms with Gasteiger partial charge in [-0.25, -0.2) is 16.8 Å². The number of rotatable bonds is 6. The van der Waals surface area contributed by atoms with Crippen molar-refractivity contribution in [1.82, 2.24) is 5.32 Å². The van der Waals surface area contributed by atoms with Crippen molar-refractivity contribution in [3.05, 3.63) is 59.2 Å². The topological polar surface area (TPSA) is 89.5 Å². The largest absolute Gasteiger partial charge is 0.495 e. The standard InChI is InChI=1S/C20H25NO5S2/c1-14-8-9-18(26-3)19(10-14)28(24,25)20-13-27(22,23)12-17(20)21-11-16-7-5-4-6-15(16)2/h4-10,17,20-21H,11-13H2,1-3H3. The first-order valence-corrected chi connectivity index (χ1v) is 12.4. The molecule has 1 saturated heterocycles. The quantitative estimate of drug-likeness (QED) is 0.765. The van der Waals surface area contributed by atoms with E-state index in [2.05, 4.69) is 5.32 Å². The highest BCUT2D eigenvalue weighted by Gasteiger charge is 2.46. The number of hydrogen-bond donors (Lipinski definition) is 1. The maximum absolute atomic E-state index is 13.4. The van der Waals surface area contributed by atoms with Gasteiger partial charge < -0.3 is 10.1 Å². The number of nitrogens with one attached hydrogen (secondary N) is 1. The van der Waals surface area contributed by atoms with Crippen molar-refractivity contribution in [3.8, 4) is 5.75 Å². The molecule has 8 heteroatoms. The first kappa shape index (κ1) is 20.8. The van der Waals surface area contributed by atoms with Crippen LogP contribution in [0, 0.1) is 13.8 Å². The van der Waals surface area contributed by atoms with Gasteiger partial charge in [0.1, 0.15) is 10.6 Å². The summed E-state index contributed by atoms with van der Waals surface area (Å²) in [5, 5.41) is 2.12. The molecule has 0 spiro atoms. The van der Waals surface area contributed by atoms with E-state index in [0.29, 0.717) is 6.54 Å². The van der Waals surface area contributed by atoms with Crippen LogP contribution < -0.4 is 10.1 Å². The van der Waals surface area contributed by atoms with Crippen molar-refractivity contribution in [2.45, 2.75) is 36.6 Å². The Balaban J connectivity index is 1.94. The van der Waals surface area contributed by atoms with Gasteiger partial charge in [-0.05, 0) is 42.7 Å². The Hall–Kier alpha value is -1.90. The molecule has 0 aromatic heterocycles. The molecule has 0 saturated carbocycles. The minimum absolute atomic E-state index is 0.0415. The lowest BCUT2D eigenvalue weighted by atomic mass is 10.1. The van der Waals surface area contributed by atoms with E-state index in [4.69, 9.17) is 4.74 Å². The molecule has 2 aromatic carbocycles. The summed E-state index contributed by atoms with van der Waals surface area (Å²) < 4.78 is 56.5. The number of methoxy groups -OCH3 is 1. The minimum atomic E-state index is -3.91. The SMILES string of the molecule is COc1ccc(C)cc1S(=O)(=O)C1CS(=O)(=O)CC1NCc1ccccc1C. The van der Waals surface area contributed by atoms with E-state index in [1.165, 1.54) is 13.2 Å². The predicted molar refractivity (Wildman–Crippen MR) is 109 cm³/mol. The van der Waals surface area contributed by atoms with Crippen molar-refractivity contribution in [3.63, 3.8) is 0 Å². The van der Waals surface area contributed by atoms with Gasteiger partial charge in [-0.15, -0.1) is 0 Å². The molecule has 0 bridgehead atoms. The van der Waals surface area contributed by atoms with Crippen molar-refractivity contribution in [1.29, 1.82) is 0 Å². The van der Waals surface area contributed by atoms with Crippen LogP contribution in [0.1, 0.15) is 16.7 Å². The van der Waals surface area contributed by atoms with Crippen LogP contribution in [0.15, 0.2) is 47.4 Å². The third-order valence-corrected chi connectivity index (χ3v) is 9.31. The molecule has 6 nitrogen and oxygen atoms in total. The summed E-state index contributed by atoms with van der Waals surface area (Å²) in [6.45, 7) is 4.16. The number of benzene rings is 2. The summed E-state index contributed by atoms with van der Waals surface area (Å²) in [4.78, 5) is 0.0415. The summed E-state index contributed by atoms with van der Waals surface area (Å²) in [6, 6.07) is 12.0. The van der Waals surface area contributed by atoms with Gasteiger partial charge in [0.25, 0.3) is 0 Å². The maximum Gasteiger partial charge on any atom is 0.187 e. The van der Waals surface area contributed by atoms with Crippen molar-refractivity contribution in [2.24, 2.45) is 0 Å². The van der Waals surface area contributed by atoms with Gasteiger partial charge >= 0.3 is 0 Å². The second kappa shape index (κ2) is 7.85. The molecule has 2 aromatic rings. The number of aryl methyl sites for hydroxylation is 2. The van der Waals surface area contributed by atoms with E-state index < -0.39 is 36.7 Å². The molecule has 2 unspecified atom stereocenters. The van der Waals surface area contributed by atoms with Gasteiger partial charge in [0.2, 0.25) is 0 Å². The third kappa shape index (κ3) is 4.24. The molecular weight excluding hydrogens is 398 g/mol. The first-order chi connectivity index (χ1) is 13.1. The summed E-state index contributed by atoms with van der Waals surface area (Å²) in [5.41, 5.74) is 2.84. The molecule has 1 aliphatic heterocycles. The van der Waals surface area contributed by atoms with Gasteiger partial charge in [0.05, 0.1) is 23.9 Å². The zero-order valence-electron chi connectivity index (χ0n) is 16.2. The van der Waals surface area contributed by atoms with Crippen LogP contribution in [0.4, 0.5) is 0 Å². The second-order valence-corrected chi connectivity index (χ2v) is 11.5. The fourth-order valence-corrected chi connectivity index (χ4v) is 8.49. The molecule has 0 radical (unpaired) electrons. The van der Waals surface area contributed by atoms with E-state index in [1.54, 1.807) is 19.1 Å². The zero-order valence-corrected chi connectivity index (χ0v) is 17.8. The number of hydrogen-bond acceptors (Lipinski definition) is 6. The molecule has 1 heterocycles. The molecule has 1 N–H and O–H groups in total. The molecule has 3 rings (SSSR count). The molecule has 152 valence electrons. The molecule has 1 fully saturated rings. The van der Waals surface area contributed by atoms with E-state index in [0.717, 1.165) is 16.7 Å². The molecule has 1 aliphatic rings. The molecular formula is C20H25NO5S2. The van der Waals surface area contributed by atoms with Gasteiger partial charge in [-0.1, -0.05) is 30.3 Å². The highest BCUT2D eigenvalue weighted by molar-refractivity contribution is 7.96. The summed E-state index contributed by atoms with van der Waals surface area (Å²) in [7, 11) is -5.96. The smallest absolute Gasteiger partial charge is 0.187 e. The fourth-order valence-electron chi connectivity index (χ4n) is 3.53. The first-order valence-electron chi connectivity index (χ1n) is 9.01. The van der Waals surface area contributed by atoms with Crippen LogP contribution in [0.25, 0.3) is 0 Å². The van der Waals surface area contributed by atoms with Gasteiger partial charge in [0.15, 0.2) is 19.7 Å². The highest BCUT2D eigenvalue weighted by Crippen LogP contribution is 2.32. The Morgan fingerprint density at radius 1 is 1.11 bits per heavy atom. The Morgan fingerprint density at radius 3 is 2.50 bits per heavy atom. The van der Waals surface area contributed by atoms with Crippen LogP contribution in [0.2, 0.25) is 0 Å². The van der Waals surface area contributed by atoms with Crippen molar-refractivity contribution in [2.75, 3.05) is 18.6 Å². The summed E-state index contributed by atoms with van der Waals surface area (Å²) in [5.74, 6) is -0.359. The lowest BCUT2D eigenvalue weighted by molar-refractivity contribution is 0.402. The van der Waals surface area contributed by atoms with E-state index in [-0.39, 0.29) is 16.4 Å². The van der Waals surface area contributed by atoms with E-state index in [1.807, 2.05) is 31.2 Å². The summed E-state index contributed by atoms with van der Waals surface area (Å²) in [6.07, 6.45) is 0. The van der Waals surface area contributed by atoms with Gasteiger partial charge in [-0.2, -0.15) is 0 Å². The summed E-state index contributed by atoms with van der Waals surface area (Å²) >= 11 is 0. The van der Waals surface area contributed by atoms with Crippen LogP contribution in [-0.2, 0) is 26.2 Å². The Morgan fingerprint density at radius 2 is 1.82 bits per heavy atom. The molecule has 28 heavy (non-hydrogen) atoms. The Labute approximate surface area is 166 Å². The van der Waals surface area contributed by atoms with Crippen LogP contribution in [-0.4, -0.2) is 46.7 Å². The van der Waals surface area contributed by atoms with Crippen molar-refractivity contribution >= 4 is 19.7 Å². The Kier molecular flexibility index (Phi) is 5.84.